The van der Waals surface area contributed by atoms with E-state index in [1.165, 1.54) is 3.07 Å². The molecule has 6 N–H and O–H groups in total. The van der Waals surface area contributed by atoms with Crippen LogP contribution < -0.4 is 18.2 Å². The Bertz CT molecular complexity index is 469. The van der Waals surface area contributed by atoms with E-state index in [1.807, 2.05) is 0 Å². The molecule has 0 fully saturated rings. The predicted octanol–water partition coefficient (Wildman–Crippen LogP) is -6.06. The van der Waals surface area contributed by atoms with Gasteiger partial charge < -0.3 is 50.2 Å². The molecule has 2 unspecified atom stereocenters. The molecule has 29 heavy (non-hydrogen) atoms. The van der Waals surface area contributed by atoms with Crippen molar-refractivity contribution in [2.45, 2.75) is 26.1 Å². The third-order valence-electron chi connectivity index (χ3n) is 2.92. The van der Waals surface area contributed by atoms with E-state index in [1.54, 1.807) is 0 Å². The average molecular weight is 606 g/mol. The summed E-state index contributed by atoms with van der Waals surface area (Å²) in [7, 11) is 0. The second-order valence-electron chi connectivity index (χ2n) is 5.65. The summed E-state index contributed by atoms with van der Waals surface area (Å²) in [5.74, 6) is -2.87. The van der Waals surface area contributed by atoms with Gasteiger partial charge in [0.1, 0.15) is 19.6 Å². The molecule has 0 radical (unpaired) electrons. The first-order chi connectivity index (χ1) is 13.5. The SMILES string of the molecule is CC(O)C(=O)[O-].CC(O)C(=O)[O-].OCC[NH+](CCO)CCO.[Hg+][c]1ccccc1. The molecule has 0 aliphatic carbocycles. The molecular weight excluding hydrogens is 575 g/mol. The fourth-order valence-corrected chi connectivity index (χ4v) is 2.39. The Morgan fingerprint density at radius 2 is 1.14 bits per heavy atom. The van der Waals surface area contributed by atoms with Gasteiger partial charge in [0.2, 0.25) is 0 Å². The van der Waals surface area contributed by atoms with Crippen LogP contribution in [-0.4, -0.2) is 89.1 Å². The van der Waals surface area contributed by atoms with Crippen LogP contribution in [0.25, 0.3) is 0 Å². The molecule has 0 amide bonds. The molecule has 0 heterocycles. The van der Waals surface area contributed by atoms with Gasteiger partial charge in [-0.3, -0.25) is 0 Å². The Morgan fingerprint density at radius 3 is 1.28 bits per heavy atom. The summed E-state index contributed by atoms with van der Waals surface area (Å²) in [6.07, 6.45) is -2.69. The Balaban J connectivity index is -0.000000319. The second-order valence-corrected chi connectivity index (χ2v) is 8.82. The Kier molecular flexibility index (Phi) is 25.9. The molecule has 0 bridgehead atoms. The van der Waals surface area contributed by atoms with E-state index in [-0.39, 0.29) is 19.8 Å². The summed E-state index contributed by atoms with van der Waals surface area (Å²) >= 11 is 0.810. The molecule has 1 aromatic rings. The minimum atomic E-state index is -1.44. The van der Waals surface area contributed by atoms with Gasteiger partial charge in [0.05, 0.1) is 44.0 Å². The van der Waals surface area contributed by atoms with Crippen LogP contribution in [0.1, 0.15) is 13.8 Å². The van der Waals surface area contributed by atoms with Crippen molar-refractivity contribution in [3.63, 3.8) is 0 Å². The standard InChI is InChI=1S/C6H15NO3.C6H5.2C3H6O3.Hg/c8-4-1-7(2-5-9)3-6-10;1-2-4-6-5-3-1;2*1-2(4)3(5)6;/h8-10H,1-6H2;1-5H;2*2,4H,1H3,(H,5,6);/q;;;;+1/p-1. The predicted molar refractivity (Wildman–Crippen MR) is 96.3 cm³/mol. The van der Waals surface area contributed by atoms with E-state index in [2.05, 4.69) is 30.3 Å². The van der Waals surface area contributed by atoms with Crippen molar-refractivity contribution in [3.05, 3.63) is 30.3 Å². The summed E-state index contributed by atoms with van der Waals surface area (Å²) in [5, 5.41) is 60.1. The second kappa shape index (κ2) is 23.1. The van der Waals surface area contributed by atoms with Crippen LogP contribution in [0.4, 0.5) is 0 Å². The molecule has 164 valence electrons. The molecular formula is C18H31HgNO9. The minimum absolute atomic E-state index is 0.106. The maximum atomic E-state index is 9.34. The summed E-state index contributed by atoms with van der Waals surface area (Å²) in [5.41, 5.74) is 0. The number of hydrogen-bond donors (Lipinski definition) is 6. The Labute approximate surface area is 187 Å². The van der Waals surface area contributed by atoms with Crippen LogP contribution in [0.15, 0.2) is 30.3 Å². The molecule has 10 nitrogen and oxygen atoms in total. The quantitative estimate of drug-likeness (QED) is 0.157. The number of hydrogen-bond acceptors (Lipinski definition) is 9. The molecule has 1 aromatic carbocycles. The van der Waals surface area contributed by atoms with Gasteiger partial charge in [-0.15, -0.1) is 0 Å². The van der Waals surface area contributed by atoms with Crippen molar-refractivity contribution in [1.29, 1.82) is 0 Å². The van der Waals surface area contributed by atoms with Crippen LogP contribution in [0.3, 0.4) is 0 Å². The van der Waals surface area contributed by atoms with Crippen LogP contribution in [0.5, 0.6) is 0 Å². The van der Waals surface area contributed by atoms with Crippen molar-refractivity contribution in [2.75, 3.05) is 39.5 Å². The summed E-state index contributed by atoms with van der Waals surface area (Å²) < 4.78 is 1.52. The summed E-state index contributed by atoms with van der Waals surface area (Å²) in [4.78, 5) is 19.7. The van der Waals surface area contributed by atoms with Gasteiger partial charge in [-0.2, -0.15) is 0 Å². The van der Waals surface area contributed by atoms with E-state index in [4.69, 9.17) is 25.5 Å². The normalized spacial score (nSPS) is 11.5. The number of aliphatic carboxylic acids is 2. The fraction of sp³-hybridized carbons (Fsp3) is 0.556. The number of aliphatic hydroxyl groups is 5. The third kappa shape index (κ3) is 29.2. The number of rotatable bonds is 8. The zero-order valence-corrected chi connectivity index (χ0v) is 22.4. The number of carbonyl (C=O) groups is 2. The van der Waals surface area contributed by atoms with Crippen LogP contribution >= 0.6 is 0 Å². The molecule has 1 rings (SSSR count). The maximum absolute atomic E-state index is 9.34. The monoisotopic (exact) mass is 607 g/mol. The third-order valence-corrected chi connectivity index (χ3v) is 4.75. The van der Waals surface area contributed by atoms with Gasteiger partial charge in [-0.1, -0.05) is 0 Å². The zero-order chi connectivity index (χ0) is 23.2. The number of nitrogens with one attached hydrogen (secondary N) is 1. The number of benzene rings is 1. The first kappa shape index (κ1) is 32.5. The van der Waals surface area contributed by atoms with Crippen molar-refractivity contribution < 1.29 is 76.4 Å². The molecule has 0 aliphatic heterocycles. The van der Waals surface area contributed by atoms with Gasteiger partial charge in [0.15, 0.2) is 0 Å². The van der Waals surface area contributed by atoms with E-state index in [0.717, 1.165) is 44.9 Å². The first-order valence-electron chi connectivity index (χ1n) is 8.84. The van der Waals surface area contributed by atoms with E-state index < -0.39 is 24.1 Å². The van der Waals surface area contributed by atoms with Crippen LogP contribution in [0.2, 0.25) is 0 Å². The molecule has 11 heteroatoms. The topological polar surface area (TPSA) is 186 Å². The molecule has 0 aromatic heterocycles. The van der Waals surface area contributed by atoms with Crippen molar-refractivity contribution in [3.8, 4) is 0 Å². The fourth-order valence-electron chi connectivity index (χ4n) is 1.33. The summed E-state index contributed by atoms with van der Waals surface area (Å²) in [6.45, 7) is 4.38. The molecule has 2 atom stereocenters. The van der Waals surface area contributed by atoms with Gasteiger partial charge in [0, 0.05) is 0 Å². The van der Waals surface area contributed by atoms with E-state index >= 15 is 0 Å². The molecule has 0 aliphatic rings. The Hall–Kier alpha value is -1.14. The van der Waals surface area contributed by atoms with E-state index in [9.17, 15) is 19.8 Å². The number of aliphatic hydroxyl groups excluding tert-OH is 5. The number of carbonyl (C=O) groups excluding carboxylic acids is 2. The Morgan fingerprint density at radius 1 is 0.862 bits per heavy atom. The van der Waals surface area contributed by atoms with Gasteiger partial charge in [-0.25, -0.2) is 0 Å². The number of carboxylic acids is 2. The van der Waals surface area contributed by atoms with Gasteiger partial charge in [-0.05, 0) is 13.8 Å². The first-order valence-corrected chi connectivity index (χ1v) is 11.6. The van der Waals surface area contributed by atoms with Crippen molar-refractivity contribution >= 4 is 15.0 Å². The number of carboxylic acid groups (broad SMARTS) is 2. The van der Waals surface area contributed by atoms with E-state index in [0.29, 0.717) is 19.6 Å². The van der Waals surface area contributed by atoms with Gasteiger partial charge in [0.25, 0.3) is 0 Å². The van der Waals surface area contributed by atoms with Crippen LogP contribution in [0, 0.1) is 0 Å². The van der Waals surface area contributed by atoms with Gasteiger partial charge >= 0.3 is 59.5 Å². The van der Waals surface area contributed by atoms with Crippen molar-refractivity contribution in [1.82, 2.24) is 0 Å². The molecule has 0 spiro atoms. The summed E-state index contributed by atoms with van der Waals surface area (Å²) in [6, 6.07) is 10.6. The molecule has 0 saturated carbocycles. The number of quaternary nitrogens is 1. The zero-order valence-electron chi connectivity index (χ0n) is 16.9. The molecule has 0 saturated heterocycles. The van der Waals surface area contributed by atoms with Crippen molar-refractivity contribution in [2.24, 2.45) is 0 Å². The van der Waals surface area contributed by atoms with Crippen LogP contribution in [-0.2, 0) is 35.7 Å². The average Bonchev–Trinajstić information content (AvgIpc) is 2.64.